The first kappa shape index (κ1) is 27.7. The highest BCUT2D eigenvalue weighted by Gasteiger charge is 2.42. The molecule has 2 saturated heterocycles. The third-order valence-corrected chi connectivity index (χ3v) is 9.47. The van der Waals surface area contributed by atoms with Gasteiger partial charge in [0.2, 0.25) is 0 Å². The summed E-state index contributed by atoms with van der Waals surface area (Å²) in [5, 5.41) is 1.11. The Morgan fingerprint density at radius 1 is 0.927 bits per heavy atom. The normalized spacial score (nSPS) is 23.0. The SMILES string of the molecule is CN(C)C(=O)N1CCN(C(=O)c2cccc3c([C@H]4CN(C5CCc6cccc(F)c65)C[C@@H]4N(C)C)cn(C)c23)CC1. The molecule has 0 bridgehead atoms. The zero-order valence-electron chi connectivity index (χ0n) is 24.8. The second-order valence-electron chi connectivity index (χ2n) is 12.3. The van der Waals surface area contributed by atoms with Crippen molar-refractivity contribution >= 4 is 22.8 Å². The molecule has 2 fully saturated rings. The number of aryl methyl sites for hydroxylation is 2. The molecule has 0 radical (unpaired) electrons. The largest absolute Gasteiger partial charge is 0.350 e. The van der Waals surface area contributed by atoms with Crippen molar-refractivity contribution in [3.8, 4) is 0 Å². The lowest BCUT2D eigenvalue weighted by Gasteiger charge is -2.36. The summed E-state index contributed by atoms with van der Waals surface area (Å²) >= 11 is 0. The number of aromatic nitrogens is 1. The number of likely N-dealkylation sites (N-methyl/N-ethyl adjacent to an activating group) is 1. The number of carbonyl (C=O) groups excluding carboxylic acids is 2. The molecular formula is C32H41FN6O2. The van der Waals surface area contributed by atoms with E-state index in [0.29, 0.717) is 31.7 Å². The molecule has 9 heteroatoms. The molecule has 1 unspecified atom stereocenters. The fraction of sp³-hybridized carbons (Fsp3) is 0.500. The summed E-state index contributed by atoms with van der Waals surface area (Å²) in [4.78, 5) is 36.2. The van der Waals surface area contributed by atoms with E-state index >= 15 is 0 Å². The van der Waals surface area contributed by atoms with Crippen LogP contribution in [0.2, 0.25) is 0 Å². The monoisotopic (exact) mass is 560 g/mol. The molecular weight excluding hydrogens is 519 g/mol. The van der Waals surface area contributed by atoms with E-state index in [9.17, 15) is 14.0 Å². The van der Waals surface area contributed by atoms with Crippen LogP contribution in [0.15, 0.2) is 42.6 Å². The Morgan fingerprint density at radius 3 is 2.34 bits per heavy atom. The summed E-state index contributed by atoms with van der Waals surface area (Å²) in [5.41, 5.74) is 4.91. The molecule has 1 aliphatic carbocycles. The molecule has 41 heavy (non-hydrogen) atoms. The number of carbonyl (C=O) groups is 2. The van der Waals surface area contributed by atoms with E-state index in [1.54, 1.807) is 30.0 Å². The molecule has 3 aliphatic rings. The highest BCUT2D eigenvalue weighted by atomic mass is 19.1. The number of nitrogens with zero attached hydrogens (tertiary/aromatic N) is 6. The van der Waals surface area contributed by atoms with Gasteiger partial charge in [0.15, 0.2) is 0 Å². The van der Waals surface area contributed by atoms with Crippen molar-refractivity contribution in [3.05, 3.63) is 70.7 Å². The number of urea groups is 1. The number of fused-ring (bicyclic) bond motifs is 2. The molecule has 2 aromatic carbocycles. The number of likely N-dealkylation sites (tertiary alicyclic amines) is 1. The Hall–Kier alpha value is -3.43. The highest BCUT2D eigenvalue weighted by Crippen LogP contribution is 2.44. The van der Waals surface area contributed by atoms with E-state index < -0.39 is 0 Å². The molecule has 2 aliphatic heterocycles. The van der Waals surface area contributed by atoms with E-state index in [1.165, 1.54) is 5.56 Å². The topological polar surface area (TPSA) is 55.3 Å². The Bertz CT molecular complexity index is 1470. The fourth-order valence-electron chi connectivity index (χ4n) is 7.40. The van der Waals surface area contributed by atoms with Gasteiger partial charge in [-0.2, -0.15) is 0 Å². The molecule has 0 saturated carbocycles. The van der Waals surface area contributed by atoms with Gasteiger partial charge in [0.25, 0.3) is 5.91 Å². The number of piperazine rings is 1. The predicted molar refractivity (Wildman–Crippen MR) is 159 cm³/mol. The zero-order valence-corrected chi connectivity index (χ0v) is 24.8. The van der Waals surface area contributed by atoms with E-state index in [0.717, 1.165) is 48.0 Å². The van der Waals surface area contributed by atoms with Crippen LogP contribution in [0.5, 0.6) is 0 Å². The molecule has 3 amide bonds. The van der Waals surface area contributed by atoms with E-state index in [4.69, 9.17) is 0 Å². The predicted octanol–water partition coefficient (Wildman–Crippen LogP) is 3.77. The first-order valence-electron chi connectivity index (χ1n) is 14.7. The molecule has 6 rings (SSSR count). The summed E-state index contributed by atoms with van der Waals surface area (Å²) in [7, 11) is 9.79. The van der Waals surface area contributed by atoms with Crippen LogP contribution in [-0.4, -0.2) is 115 Å². The second-order valence-corrected chi connectivity index (χ2v) is 12.3. The minimum atomic E-state index is -0.0879. The number of para-hydroxylation sites is 1. The van der Waals surface area contributed by atoms with Gasteiger partial charge in [0, 0.05) is 95.6 Å². The van der Waals surface area contributed by atoms with Crippen LogP contribution in [0.4, 0.5) is 9.18 Å². The third-order valence-electron chi connectivity index (χ3n) is 9.47. The first-order chi connectivity index (χ1) is 19.7. The number of amides is 3. The molecule has 3 atom stereocenters. The van der Waals surface area contributed by atoms with Crippen molar-refractivity contribution in [3.63, 3.8) is 0 Å². The highest BCUT2D eigenvalue weighted by molar-refractivity contribution is 6.07. The molecule has 3 aromatic rings. The summed E-state index contributed by atoms with van der Waals surface area (Å²) in [6.45, 7) is 3.83. The van der Waals surface area contributed by atoms with Crippen LogP contribution in [-0.2, 0) is 13.5 Å². The Labute approximate surface area is 241 Å². The average molecular weight is 561 g/mol. The van der Waals surface area contributed by atoms with Gasteiger partial charge in [0.1, 0.15) is 5.82 Å². The lowest BCUT2D eigenvalue weighted by Crippen LogP contribution is -2.52. The van der Waals surface area contributed by atoms with Crippen molar-refractivity contribution in [2.75, 3.05) is 67.5 Å². The summed E-state index contributed by atoms with van der Waals surface area (Å²) in [5.74, 6) is 0.154. The van der Waals surface area contributed by atoms with Gasteiger partial charge in [-0.3, -0.25) is 9.69 Å². The number of hydrogen-bond acceptors (Lipinski definition) is 4. The minimum absolute atomic E-state index is 0.00977. The maximum absolute atomic E-state index is 15.0. The quantitative estimate of drug-likeness (QED) is 0.488. The van der Waals surface area contributed by atoms with E-state index in [1.807, 2.05) is 30.1 Å². The molecule has 1 aromatic heterocycles. The van der Waals surface area contributed by atoms with Gasteiger partial charge >= 0.3 is 6.03 Å². The molecule has 218 valence electrons. The van der Waals surface area contributed by atoms with Crippen LogP contribution in [0.3, 0.4) is 0 Å². The van der Waals surface area contributed by atoms with Crippen LogP contribution >= 0.6 is 0 Å². The van der Waals surface area contributed by atoms with Crippen LogP contribution in [0.1, 0.15) is 45.4 Å². The van der Waals surface area contributed by atoms with Crippen molar-refractivity contribution in [2.45, 2.75) is 30.8 Å². The Balaban J connectivity index is 1.28. The Morgan fingerprint density at radius 2 is 1.63 bits per heavy atom. The third kappa shape index (κ3) is 4.78. The fourth-order valence-corrected chi connectivity index (χ4v) is 7.40. The summed E-state index contributed by atoms with van der Waals surface area (Å²) in [6.07, 6.45) is 4.07. The van der Waals surface area contributed by atoms with Crippen LogP contribution in [0, 0.1) is 5.82 Å². The number of rotatable bonds is 4. The summed E-state index contributed by atoms with van der Waals surface area (Å²) < 4.78 is 17.1. The van der Waals surface area contributed by atoms with Crippen molar-refractivity contribution in [1.82, 2.24) is 29.1 Å². The standard InChI is InChI=1S/C32H41FN6O2/c1-34(2)28-20-39(27-13-12-21-8-6-11-26(33)29(21)27)19-25(28)24-18-36(5)30-22(24)9-7-10-23(30)31(40)37-14-16-38(17-15-37)32(41)35(3)4/h6-11,18,25,27-28H,12-17,19-20H2,1-5H3/t25-,27?,28+/m1/s1. The van der Waals surface area contributed by atoms with Gasteiger partial charge < -0.3 is 24.2 Å². The molecule has 3 heterocycles. The van der Waals surface area contributed by atoms with Crippen molar-refractivity contribution in [1.29, 1.82) is 0 Å². The van der Waals surface area contributed by atoms with Gasteiger partial charge in [-0.05, 0) is 50.2 Å². The lowest BCUT2D eigenvalue weighted by molar-refractivity contribution is 0.0651. The molecule has 8 nitrogen and oxygen atoms in total. The number of halogens is 1. The molecule has 0 N–H and O–H groups in total. The van der Waals surface area contributed by atoms with Crippen molar-refractivity contribution < 1.29 is 14.0 Å². The maximum atomic E-state index is 15.0. The average Bonchev–Trinajstić information content (AvgIpc) is 3.68. The van der Waals surface area contributed by atoms with Gasteiger partial charge in [-0.1, -0.05) is 24.3 Å². The summed E-state index contributed by atoms with van der Waals surface area (Å²) in [6, 6.07) is 11.9. The number of hydrogen-bond donors (Lipinski definition) is 0. The van der Waals surface area contributed by atoms with Crippen LogP contribution < -0.4 is 0 Å². The Kier molecular flexibility index (Phi) is 7.28. The zero-order chi connectivity index (χ0) is 29.0. The smallest absolute Gasteiger partial charge is 0.319 e. The maximum Gasteiger partial charge on any atom is 0.319 e. The minimum Gasteiger partial charge on any atom is -0.350 e. The van der Waals surface area contributed by atoms with Gasteiger partial charge in [0.05, 0.1) is 11.1 Å². The van der Waals surface area contributed by atoms with E-state index in [-0.39, 0.29) is 35.8 Å². The van der Waals surface area contributed by atoms with Gasteiger partial charge in [-0.15, -0.1) is 0 Å². The molecule has 0 spiro atoms. The van der Waals surface area contributed by atoms with E-state index in [2.05, 4.69) is 46.8 Å². The van der Waals surface area contributed by atoms with Crippen molar-refractivity contribution in [2.24, 2.45) is 7.05 Å². The van der Waals surface area contributed by atoms with Crippen LogP contribution in [0.25, 0.3) is 10.9 Å². The lowest BCUT2D eigenvalue weighted by atomic mass is 9.92. The van der Waals surface area contributed by atoms with Gasteiger partial charge in [-0.25, -0.2) is 9.18 Å². The number of benzene rings is 2. The second kappa shape index (κ2) is 10.8. The first-order valence-corrected chi connectivity index (χ1v) is 14.7.